The molecule has 4 aromatic rings. The Morgan fingerprint density at radius 1 is 0.966 bits per heavy atom. The monoisotopic (exact) mass is 419 g/mol. The lowest BCUT2D eigenvalue weighted by Gasteiger charge is -2.08. The van der Waals surface area contributed by atoms with Crippen molar-refractivity contribution in [2.24, 2.45) is 0 Å². The zero-order valence-corrected chi connectivity index (χ0v) is 17.1. The van der Waals surface area contributed by atoms with Crippen molar-refractivity contribution in [2.75, 3.05) is 5.32 Å². The Balaban J connectivity index is 1.42. The lowest BCUT2D eigenvalue weighted by Crippen LogP contribution is -2.24. The summed E-state index contributed by atoms with van der Waals surface area (Å²) in [7, 11) is 0. The van der Waals surface area contributed by atoms with Crippen LogP contribution in [0.15, 0.2) is 72.8 Å². The quantitative estimate of drug-likeness (QED) is 0.407. The molecule has 0 aliphatic rings. The molecular weight excluding hydrogens is 402 g/mol. The zero-order valence-electron chi connectivity index (χ0n) is 15.5. The highest BCUT2D eigenvalue weighted by molar-refractivity contribution is 8.12. The molecule has 0 saturated carbocycles. The van der Waals surface area contributed by atoms with Gasteiger partial charge in [0, 0.05) is 28.8 Å². The lowest BCUT2D eigenvalue weighted by atomic mass is 10.1. The van der Waals surface area contributed by atoms with E-state index in [0.29, 0.717) is 11.3 Å². The first-order valence-electron chi connectivity index (χ1n) is 8.90. The smallest absolute Gasteiger partial charge is 0.307 e. The number of urea groups is 1. The third kappa shape index (κ3) is 4.47. The summed E-state index contributed by atoms with van der Waals surface area (Å²) in [6.07, 6.45) is 0. The Kier molecular flexibility index (Phi) is 5.59. The maximum atomic E-state index is 12.3. The number of hydrogen-bond donors (Lipinski definition) is 2. The van der Waals surface area contributed by atoms with E-state index in [1.807, 2.05) is 61.5 Å². The zero-order chi connectivity index (χ0) is 20.2. The summed E-state index contributed by atoms with van der Waals surface area (Å²) in [6.45, 7) is 1.86. The number of benzene rings is 3. The minimum atomic E-state index is -0.460. The average molecular weight is 420 g/mol. The number of carbonyl (C=O) groups is 2. The van der Waals surface area contributed by atoms with Gasteiger partial charge in [0.25, 0.3) is 0 Å². The molecule has 0 saturated heterocycles. The van der Waals surface area contributed by atoms with E-state index in [1.54, 1.807) is 29.5 Å². The molecule has 0 radical (unpaired) electrons. The van der Waals surface area contributed by atoms with Gasteiger partial charge >= 0.3 is 6.03 Å². The van der Waals surface area contributed by atoms with Gasteiger partial charge in [0.15, 0.2) is 0 Å². The van der Waals surface area contributed by atoms with E-state index in [4.69, 9.17) is 0 Å². The van der Waals surface area contributed by atoms with Crippen LogP contribution in [0.25, 0.3) is 20.8 Å². The second-order valence-electron chi connectivity index (χ2n) is 6.33. The Morgan fingerprint density at radius 3 is 2.59 bits per heavy atom. The summed E-state index contributed by atoms with van der Waals surface area (Å²) in [6, 6.07) is 22.3. The molecule has 0 unspecified atom stereocenters. The van der Waals surface area contributed by atoms with Crippen LogP contribution in [0.3, 0.4) is 0 Å². The first-order chi connectivity index (χ1) is 14.1. The van der Waals surface area contributed by atoms with Gasteiger partial charge in [-0.15, -0.1) is 11.3 Å². The molecule has 0 spiro atoms. The number of amides is 2. The maximum absolute atomic E-state index is 12.3. The lowest BCUT2D eigenvalue weighted by molar-refractivity contribution is 0.108. The van der Waals surface area contributed by atoms with Gasteiger partial charge in [-0.05, 0) is 36.8 Å². The molecule has 7 heteroatoms. The predicted octanol–water partition coefficient (Wildman–Crippen LogP) is 5.88. The van der Waals surface area contributed by atoms with Crippen LogP contribution in [0.5, 0.6) is 0 Å². The van der Waals surface area contributed by atoms with Gasteiger partial charge in [0.05, 0.1) is 10.2 Å². The minimum absolute atomic E-state index is 0.207. The minimum Gasteiger partial charge on any atom is -0.307 e. The van der Waals surface area contributed by atoms with Gasteiger partial charge in [0.2, 0.25) is 5.12 Å². The normalized spacial score (nSPS) is 10.7. The van der Waals surface area contributed by atoms with Gasteiger partial charge in [-0.2, -0.15) is 0 Å². The van der Waals surface area contributed by atoms with Crippen LogP contribution < -0.4 is 10.0 Å². The van der Waals surface area contributed by atoms with E-state index in [0.717, 1.165) is 38.3 Å². The number of thiazole rings is 1. The number of rotatable bonds is 3. The first kappa shape index (κ1) is 19.2. The highest BCUT2D eigenvalue weighted by atomic mass is 32.2. The topological polar surface area (TPSA) is 71.1 Å². The number of nitrogens with one attached hydrogen (secondary N) is 2. The van der Waals surface area contributed by atoms with E-state index in [1.165, 1.54) is 0 Å². The van der Waals surface area contributed by atoms with Crippen LogP contribution in [0.2, 0.25) is 0 Å². The molecule has 4 rings (SSSR count). The number of fused-ring (bicyclic) bond motifs is 1. The molecule has 0 atom stereocenters. The van der Waals surface area contributed by atoms with Crippen molar-refractivity contribution in [1.82, 2.24) is 9.71 Å². The molecule has 3 aromatic carbocycles. The van der Waals surface area contributed by atoms with Crippen LogP contribution in [0.1, 0.15) is 15.9 Å². The van der Waals surface area contributed by atoms with E-state index < -0.39 is 6.03 Å². The van der Waals surface area contributed by atoms with Gasteiger partial charge < -0.3 is 5.32 Å². The molecule has 1 aromatic heterocycles. The Bertz CT molecular complexity index is 1170. The summed E-state index contributed by atoms with van der Waals surface area (Å²) >= 11 is 2.37. The summed E-state index contributed by atoms with van der Waals surface area (Å²) in [5.74, 6) is 0. The molecule has 0 aliphatic carbocycles. The van der Waals surface area contributed by atoms with Crippen molar-refractivity contribution in [3.05, 3.63) is 83.9 Å². The maximum Gasteiger partial charge on any atom is 0.329 e. The van der Waals surface area contributed by atoms with Crippen molar-refractivity contribution >= 4 is 50.3 Å². The van der Waals surface area contributed by atoms with Gasteiger partial charge in [-0.3, -0.25) is 9.52 Å². The van der Waals surface area contributed by atoms with Gasteiger partial charge in [-0.1, -0.05) is 48.5 Å². The fourth-order valence-electron chi connectivity index (χ4n) is 2.83. The molecular formula is C22H17N3O2S2. The van der Waals surface area contributed by atoms with Crippen molar-refractivity contribution in [2.45, 2.75) is 6.92 Å². The summed E-state index contributed by atoms with van der Waals surface area (Å²) < 4.78 is 3.66. The highest BCUT2D eigenvalue weighted by Gasteiger charge is 2.12. The van der Waals surface area contributed by atoms with Crippen LogP contribution in [-0.2, 0) is 0 Å². The summed E-state index contributed by atoms with van der Waals surface area (Å²) in [5.41, 5.74) is 3.96. The fraction of sp³-hybridized carbons (Fsp3) is 0.0455. The summed E-state index contributed by atoms with van der Waals surface area (Å²) in [4.78, 5) is 29.1. The Morgan fingerprint density at radius 2 is 1.76 bits per heavy atom. The van der Waals surface area contributed by atoms with Gasteiger partial charge in [-0.25, -0.2) is 9.78 Å². The van der Waals surface area contributed by atoms with Crippen LogP contribution in [0.4, 0.5) is 10.5 Å². The molecule has 0 bridgehead atoms. The second-order valence-corrected chi connectivity index (χ2v) is 8.14. The Hall–Kier alpha value is -3.16. The largest absolute Gasteiger partial charge is 0.329 e. The molecule has 2 N–H and O–H groups in total. The average Bonchev–Trinajstić information content (AvgIpc) is 3.17. The van der Waals surface area contributed by atoms with E-state index in [9.17, 15) is 9.59 Å². The van der Waals surface area contributed by atoms with E-state index in [-0.39, 0.29) is 5.12 Å². The number of hydrogen-bond acceptors (Lipinski definition) is 5. The third-order valence-corrected chi connectivity index (χ3v) is 6.04. The van der Waals surface area contributed by atoms with Crippen molar-refractivity contribution in [3.8, 4) is 10.6 Å². The molecule has 2 amide bonds. The summed E-state index contributed by atoms with van der Waals surface area (Å²) in [5, 5.41) is 3.44. The number of aryl methyl sites for hydroxylation is 1. The molecule has 144 valence electrons. The fourth-order valence-corrected chi connectivity index (χ4v) is 4.37. The van der Waals surface area contributed by atoms with Crippen LogP contribution in [0, 0.1) is 6.92 Å². The Labute approximate surface area is 176 Å². The molecule has 0 aliphatic heterocycles. The number of carbonyl (C=O) groups excluding carboxylic acids is 2. The van der Waals surface area contributed by atoms with Crippen LogP contribution in [-0.4, -0.2) is 16.1 Å². The van der Waals surface area contributed by atoms with E-state index in [2.05, 4.69) is 15.0 Å². The highest BCUT2D eigenvalue weighted by Crippen LogP contribution is 2.31. The van der Waals surface area contributed by atoms with Crippen molar-refractivity contribution in [3.63, 3.8) is 0 Å². The second kappa shape index (κ2) is 8.46. The standard InChI is InChI=1S/C22H17N3O2S2/c1-14-7-2-3-10-17(14)21(26)29-25-22(27)23-16-9-6-8-15(13-16)20-24-18-11-4-5-12-19(18)28-20/h2-13H,1H3,(H2,23,25,27). The number of aromatic nitrogens is 1. The van der Waals surface area contributed by atoms with Crippen LogP contribution >= 0.6 is 23.3 Å². The molecule has 1 heterocycles. The first-order valence-corrected chi connectivity index (χ1v) is 10.5. The number of anilines is 1. The third-order valence-electron chi connectivity index (χ3n) is 4.26. The van der Waals surface area contributed by atoms with Crippen molar-refractivity contribution < 1.29 is 9.59 Å². The molecule has 29 heavy (non-hydrogen) atoms. The SMILES string of the molecule is Cc1ccccc1C(=O)SNC(=O)Nc1cccc(-c2nc3ccccc3s2)c1. The number of nitrogens with zero attached hydrogens (tertiary/aromatic N) is 1. The molecule has 0 fully saturated rings. The van der Waals surface area contributed by atoms with E-state index >= 15 is 0 Å². The predicted molar refractivity (Wildman–Crippen MR) is 120 cm³/mol. The van der Waals surface area contributed by atoms with Gasteiger partial charge in [0.1, 0.15) is 5.01 Å². The van der Waals surface area contributed by atoms with Crippen molar-refractivity contribution in [1.29, 1.82) is 0 Å². The number of para-hydroxylation sites is 1. The molecule has 5 nitrogen and oxygen atoms in total.